The van der Waals surface area contributed by atoms with Gasteiger partial charge >= 0.3 is 5.97 Å². The van der Waals surface area contributed by atoms with Crippen LogP contribution >= 0.6 is 0 Å². The lowest BCUT2D eigenvalue weighted by Crippen LogP contribution is -2.29. The number of hydrogen-bond donors (Lipinski definition) is 0. The summed E-state index contributed by atoms with van der Waals surface area (Å²) in [5.41, 5.74) is 0.859. The first-order valence-corrected chi connectivity index (χ1v) is 6.90. The molecule has 0 bridgehead atoms. The highest BCUT2D eigenvalue weighted by molar-refractivity contribution is 7.92. The molecule has 18 heavy (non-hydrogen) atoms. The number of hydrogen-bond acceptors (Lipinski definition) is 5. The number of carbonyl (C=O) groups is 1. The van der Waals surface area contributed by atoms with E-state index >= 15 is 0 Å². The Bertz CT molecular complexity index is 586. The predicted octanol–water partition coefficient (Wildman–Crippen LogP) is 1.03. The number of esters is 1. The van der Waals surface area contributed by atoms with Crippen LogP contribution in [-0.4, -0.2) is 26.7 Å². The molecule has 0 fully saturated rings. The molecular formula is C12H13NO4S. The van der Waals surface area contributed by atoms with E-state index in [9.17, 15) is 13.2 Å². The summed E-state index contributed by atoms with van der Waals surface area (Å²) in [4.78, 5) is 11.2. The van der Waals surface area contributed by atoms with Gasteiger partial charge in [0.25, 0.3) is 0 Å². The van der Waals surface area contributed by atoms with Crippen molar-refractivity contribution in [1.82, 2.24) is 0 Å². The Morgan fingerprint density at radius 2 is 2.17 bits per heavy atom. The number of sulfone groups is 1. The van der Waals surface area contributed by atoms with Crippen molar-refractivity contribution in [2.45, 2.75) is 17.9 Å². The summed E-state index contributed by atoms with van der Waals surface area (Å²) in [7, 11) is -2.49. The van der Waals surface area contributed by atoms with E-state index in [2.05, 4.69) is 4.74 Å². The quantitative estimate of drug-likeness (QED) is 0.761. The minimum absolute atomic E-state index is 0.293. The molecule has 96 valence electrons. The third-order valence-electron chi connectivity index (χ3n) is 2.50. The SMILES string of the molecule is COC(=O)C(C)S(=O)(=O)Cc1cccc(C#N)c1. The van der Waals surface area contributed by atoms with Crippen molar-refractivity contribution in [1.29, 1.82) is 5.26 Å². The van der Waals surface area contributed by atoms with E-state index in [0.29, 0.717) is 11.1 Å². The maximum atomic E-state index is 11.9. The molecule has 0 N–H and O–H groups in total. The number of carbonyl (C=O) groups excluding carboxylic acids is 1. The Kier molecular flexibility index (Phi) is 4.45. The topological polar surface area (TPSA) is 84.2 Å². The summed E-state index contributed by atoms with van der Waals surface area (Å²) in [6.45, 7) is 1.29. The molecule has 5 nitrogen and oxygen atoms in total. The van der Waals surface area contributed by atoms with E-state index in [4.69, 9.17) is 5.26 Å². The van der Waals surface area contributed by atoms with Gasteiger partial charge in [-0.2, -0.15) is 5.26 Å². The largest absolute Gasteiger partial charge is 0.468 e. The first-order chi connectivity index (χ1) is 8.40. The lowest BCUT2D eigenvalue weighted by molar-refractivity contribution is -0.139. The smallest absolute Gasteiger partial charge is 0.323 e. The van der Waals surface area contributed by atoms with Gasteiger partial charge in [-0.3, -0.25) is 4.79 Å². The number of nitrogens with zero attached hydrogens (tertiary/aromatic N) is 1. The van der Waals surface area contributed by atoms with Crippen molar-refractivity contribution in [2.24, 2.45) is 0 Å². The standard InChI is InChI=1S/C12H13NO4S/c1-9(12(14)17-2)18(15,16)8-11-5-3-4-10(6-11)7-13/h3-6,9H,8H2,1-2H3. The van der Waals surface area contributed by atoms with Gasteiger partial charge in [-0.25, -0.2) is 8.42 Å². The molecule has 1 aromatic rings. The van der Waals surface area contributed by atoms with Crippen molar-refractivity contribution in [3.8, 4) is 6.07 Å². The second-order valence-electron chi connectivity index (χ2n) is 3.78. The molecule has 0 spiro atoms. The minimum Gasteiger partial charge on any atom is -0.468 e. The van der Waals surface area contributed by atoms with Crippen LogP contribution < -0.4 is 0 Å². The Labute approximate surface area is 106 Å². The summed E-state index contributed by atoms with van der Waals surface area (Å²) in [6, 6.07) is 8.20. The van der Waals surface area contributed by atoms with Crippen LogP contribution in [0.5, 0.6) is 0 Å². The Balaban J connectivity index is 2.96. The molecule has 0 saturated carbocycles. The van der Waals surface area contributed by atoms with Crippen molar-refractivity contribution in [2.75, 3.05) is 7.11 Å². The minimum atomic E-state index is -3.63. The molecule has 1 aromatic carbocycles. The average molecular weight is 267 g/mol. The summed E-state index contributed by atoms with van der Waals surface area (Å²) >= 11 is 0. The molecule has 0 aliphatic heterocycles. The monoisotopic (exact) mass is 267 g/mol. The average Bonchev–Trinajstić information content (AvgIpc) is 2.36. The molecule has 0 aromatic heterocycles. The van der Waals surface area contributed by atoms with Crippen LogP contribution in [0.2, 0.25) is 0 Å². The second-order valence-corrected chi connectivity index (χ2v) is 6.11. The van der Waals surface area contributed by atoms with Crippen molar-refractivity contribution >= 4 is 15.8 Å². The predicted molar refractivity (Wildman–Crippen MR) is 65.3 cm³/mol. The number of methoxy groups -OCH3 is 1. The summed E-state index contributed by atoms with van der Waals surface area (Å²) < 4.78 is 28.2. The Hall–Kier alpha value is -1.87. The third kappa shape index (κ3) is 3.31. The van der Waals surface area contributed by atoms with Crippen molar-refractivity contribution in [3.63, 3.8) is 0 Å². The van der Waals surface area contributed by atoms with E-state index in [1.165, 1.54) is 13.0 Å². The van der Waals surface area contributed by atoms with E-state index in [0.717, 1.165) is 7.11 Å². The van der Waals surface area contributed by atoms with E-state index in [1.54, 1.807) is 18.2 Å². The van der Waals surface area contributed by atoms with Gasteiger partial charge in [0.15, 0.2) is 15.1 Å². The van der Waals surface area contributed by atoms with Crippen molar-refractivity contribution < 1.29 is 17.9 Å². The lowest BCUT2D eigenvalue weighted by atomic mass is 10.2. The van der Waals surface area contributed by atoms with Gasteiger partial charge in [0.1, 0.15) is 0 Å². The van der Waals surface area contributed by atoms with E-state index in [1.807, 2.05) is 6.07 Å². The lowest BCUT2D eigenvalue weighted by Gasteiger charge is -2.10. The van der Waals surface area contributed by atoms with Gasteiger partial charge in [0.05, 0.1) is 24.5 Å². The molecule has 1 rings (SSSR count). The van der Waals surface area contributed by atoms with E-state index in [-0.39, 0.29) is 5.75 Å². The van der Waals surface area contributed by atoms with E-state index < -0.39 is 21.1 Å². The van der Waals surface area contributed by atoms with Gasteiger partial charge in [-0.1, -0.05) is 12.1 Å². The van der Waals surface area contributed by atoms with Gasteiger partial charge in [0, 0.05) is 0 Å². The molecule has 0 saturated heterocycles. The van der Waals surface area contributed by atoms with Gasteiger partial charge in [-0.15, -0.1) is 0 Å². The van der Waals surface area contributed by atoms with Crippen LogP contribution in [0, 0.1) is 11.3 Å². The molecule has 1 unspecified atom stereocenters. The maximum absolute atomic E-state index is 11.9. The van der Waals surface area contributed by atoms with Gasteiger partial charge in [-0.05, 0) is 24.6 Å². The Morgan fingerprint density at radius 1 is 1.50 bits per heavy atom. The molecule has 1 atom stereocenters. The summed E-state index contributed by atoms with van der Waals surface area (Å²) in [5.74, 6) is -1.08. The normalized spacial score (nSPS) is 12.5. The molecule has 0 amide bonds. The number of ether oxygens (including phenoxy) is 1. The van der Waals surface area contributed by atoms with Gasteiger partial charge in [0.2, 0.25) is 0 Å². The van der Waals surface area contributed by atoms with Crippen LogP contribution in [0.4, 0.5) is 0 Å². The van der Waals surface area contributed by atoms with Crippen LogP contribution in [-0.2, 0) is 25.1 Å². The number of benzene rings is 1. The first-order valence-electron chi connectivity index (χ1n) is 5.19. The fourth-order valence-corrected chi connectivity index (χ4v) is 2.68. The summed E-state index contributed by atoms with van der Waals surface area (Å²) in [6.07, 6.45) is 0. The van der Waals surface area contributed by atoms with Crippen LogP contribution in [0.15, 0.2) is 24.3 Å². The fraction of sp³-hybridized carbons (Fsp3) is 0.333. The highest BCUT2D eigenvalue weighted by Gasteiger charge is 2.28. The van der Waals surface area contributed by atoms with Crippen LogP contribution in [0.1, 0.15) is 18.1 Å². The van der Waals surface area contributed by atoms with Gasteiger partial charge < -0.3 is 4.74 Å². The molecule has 6 heteroatoms. The second kappa shape index (κ2) is 5.65. The zero-order valence-corrected chi connectivity index (χ0v) is 10.9. The zero-order valence-electron chi connectivity index (χ0n) is 10.1. The molecule has 0 radical (unpaired) electrons. The number of rotatable bonds is 4. The van der Waals surface area contributed by atoms with Crippen molar-refractivity contribution in [3.05, 3.63) is 35.4 Å². The molecule has 0 aliphatic rings. The van der Waals surface area contributed by atoms with Crippen LogP contribution in [0.25, 0.3) is 0 Å². The maximum Gasteiger partial charge on any atom is 0.323 e. The highest BCUT2D eigenvalue weighted by atomic mass is 32.2. The fourth-order valence-electron chi connectivity index (χ4n) is 1.40. The highest BCUT2D eigenvalue weighted by Crippen LogP contribution is 2.13. The zero-order chi connectivity index (χ0) is 13.8. The first kappa shape index (κ1) is 14.2. The summed E-state index contributed by atoms with van der Waals surface area (Å²) in [5, 5.41) is 7.51. The third-order valence-corrected chi connectivity index (χ3v) is 4.50. The number of nitriles is 1. The molecule has 0 heterocycles. The Morgan fingerprint density at radius 3 is 2.72 bits per heavy atom. The van der Waals surface area contributed by atoms with Crippen LogP contribution in [0.3, 0.4) is 0 Å². The molecule has 0 aliphatic carbocycles. The molecular weight excluding hydrogens is 254 g/mol.